The average Bonchev–Trinajstić information content (AvgIpc) is 2.60. The van der Waals surface area contributed by atoms with Gasteiger partial charge in [-0.05, 0) is 17.5 Å². The Bertz CT molecular complexity index is 380. The smallest absolute Gasteiger partial charge is 0.144 e. The van der Waals surface area contributed by atoms with E-state index in [2.05, 4.69) is 24.9 Å². The third kappa shape index (κ3) is 1.41. The second-order valence-corrected chi connectivity index (χ2v) is 3.90. The number of ether oxygens (including phenoxy) is 1. The maximum absolute atomic E-state index is 5.28. The van der Waals surface area contributed by atoms with Gasteiger partial charge in [-0.1, -0.05) is 26.0 Å². The molecule has 14 heavy (non-hydrogen) atoms. The van der Waals surface area contributed by atoms with Crippen LogP contribution in [0.1, 0.15) is 19.4 Å². The van der Waals surface area contributed by atoms with Crippen molar-refractivity contribution in [3.63, 3.8) is 0 Å². The van der Waals surface area contributed by atoms with E-state index in [1.54, 1.807) is 7.11 Å². The molecule has 0 saturated carbocycles. The molecule has 0 atom stereocenters. The van der Waals surface area contributed by atoms with Crippen LogP contribution in [0, 0.1) is 5.92 Å². The predicted molar refractivity (Wildman–Crippen MR) is 58.6 cm³/mol. The van der Waals surface area contributed by atoms with Crippen molar-refractivity contribution in [2.24, 2.45) is 10.9 Å². The van der Waals surface area contributed by atoms with E-state index in [1.165, 1.54) is 11.3 Å². The minimum absolute atomic E-state index is 0.520. The lowest BCUT2D eigenvalue weighted by Gasteiger charge is -2.03. The summed E-state index contributed by atoms with van der Waals surface area (Å²) >= 11 is 0. The normalized spacial score (nSPS) is 14.1. The first kappa shape index (κ1) is 9.25. The van der Waals surface area contributed by atoms with Crippen LogP contribution in [0.2, 0.25) is 0 Å². The fourth-order valence-corrected chi connectivity index (χ4v) is 1.71. The minimum Gasteiger partial charge on any atom is -0.494 e. The van der Waals surface area contributed by atoms with Gasteiger partial charge in [0.05, 0.1) is 7.11 Å². The quantitative estimate of drug-likeness (QED) is 0.700. The van der Waals surface area contributed by atoms with Gasteiger partial charge in [-0.15, -0.1) is 0 Å². The molecule has 0 bridgehead atoms. The maximum Gasteiger partial charge on any atom is 0.144 e. The topological polar surface area (TPSA) is 21.6 Å². The van der Waals surface area contributed by atoms with Gasteiger partial charge >= 0.3 is 0 Å². The molecule has 0 aromatic heterocycles. The van der Waals surface area contributed by atoms with Crippen LogP contribution in [-0.2, 0) is 6.42 Å². The van der Waals surface area contributed by atoms with Crippen molar-refractivity contribution < 1.29 is 4.74 Å². The van der Waals surface area contributed by atoms with E-state index in [4.69, 9.17) is 4.74 Å². The van der Waals surface area contributed by atoms with Crippen molar-refractivity contribution in [1.82, 2.24) is 0 Å². The largest absolute Gasteiger partial charge is 0.494 e. The lowest BCUT2D eigenvalue weighted by molar-refractivity contribution is 0.416. The van der Waals surface area contributed by atoms with Crippen molar-refractivity contribution >= 4 is 11.4 Å². The molecule has 0 aliphatic carbocycles. The van der Waals surface area contributed by atoms with E-state index in [-0.39, 0.29) is 0 Å². The second kappa shape index (κ2) is 3.45. The number of nitrogens with zero attached hydrogens (tertiary/aromatic N) is 1. The molecule has 74 valence electrons. The Kier molecular flexibility index (Phi) is 2.28. The Labute approximate surface area is 84.6 Å². The first-order valence-electron chi connectivity index (χ1n) is 4.95. The zero-order valence-corrected chi connectivity index (χ0v) is 8.87. The van der Waals surface area contributed by atoms with E-state index < -0.39 is 0 Å². The van der Waals surface area contributed by atoms with Gasteiger partial charge in [-0.25, -0.2) is 0 Å². The number of hydrogen-bond acceptors (Lipinski definition) is 2. The molecular weight excluding hydrogens is 174 g/mol. The van der Waals surface area contributed by atoms with Gasteiger partial charge in [0.2, 0.25) is 0 Å². The molecule has 0 amide bonds. The third-order valence-electron chi connectivity index (χ3n) is 2.60. The lowest BCUT2D eigenvalue weighted by atomic mass is 10.0. The van der Waals surface area contributed by atoms with Crippen LogP contribution in [0.15, 0.2) is 23.2 Å². The number of hydrogen-bond donors (Lipinski definition) is 0. The highest BCUT2D eigenvalue weighted by atomic mass is 16.5. The Morgan fingerprint density at radius 2 is 2.14 bits per heavy atom. The Morgan fingerprint density at radius 1 is 1.36 bits per heavy atom. The monoisotopic (exact) mass is 189 g/mol. The van der Waals surface area contributed by atoms with Crippen LogP contribution < -0.4 is 4.74 Å². The van der Waals surface area contributed by atoms with E-state index in [9.17, 15) is 0 Å². The predicted octanol–water partition coefficient (Wildman–Crippen LogP) is 2.98. The maximum atomic E-state index is 5.28. The summed E-state index contributed by atoms with van der Waals surface area (Å²) in [5.74, 6) is 1.41. The van der Waals surface area contributed by atoms with Crippen LogP contribution in [0.25, 0.3) is 0 Å². The molecule has 1 heterocycles. The molecule has 0 unspecified atom stereocenters. The minimum atomic E-state index is 0.520. The molecule has 1 aromatic rings. The van der Waals surface area contributed by atoms with Crippen LogP contribution in [0.4, 0.5) is 5.69 Å². The molecule has 2 heteroatoms. The standard InChI is InChI=1S/C12H15NO/c1-8(2)10-7-9-5-4-6-11(14-3)12(9)13-10/h4-6,8H,7H2,1-3H3. The van der Waals surface area contributed by atoms with Gasteiger partial charge in [0.15, 0.2) is 0 Å². The van der Waals surface area contributed by atoms with Crippen LogP contribution in [0.5, 0.6) is 5.75 Å². The second-order valence-electron chi connectivity index (χ2n) is 3.90. The number of benzene rings is 1. The summed E-state index contributed by atoms with van der Waals surface area (Å²) in [6.45, 7) is 4.36. The zero-order chi connectivity index (χ0) is 10.1. The van der Waals surface area contributed by atoms with Crippen molar-refractivity contribution in [3.8, 4) is 5.75 Å². The first-order chi connectivity index (χ1) is 6.72. The molecule has 1 aliphatic heterocycles. The molecule has 1 aliphatic rings. The van der Waals surface area contributed by atoms with Gasteiger partial charge < -0.3 is 4.74 Å². The molecule has 0 saturated heterocycles. The van der Waals surface area contributed by atoms with Gasteiger partial charge in [0.1, 0.15) is 11.4 Å². The molecule has 0 N–H and O–H groups in total. The summed E-state index contributed by atoms with van der Waals surface area (Å²) in [7, 11) is 1.69. The van der Waals surface area contributed by atoms with Gasteiger partial charge in [0.25, 0.3) is 0 Å². The molecule has 1 aromatic carbocycles. The Hall–Kier alpha value is -1.31. The van der Waals surface area contributed by atoms with Crippen molar-refractivity contribution in [3.05, 3.63) is 23.8 Å². The zero-order valence-electron chi connectivity index (χ0n) is 8.87. The van der Waals surface area contributed by atoms with Crippen LogP contribution in [-0.4, -0.2) is 12.8 Å². The summed E-state index contributed by atoms with van der Waals surface area (Å²) in [6.07, 6.45) is 0.976. The first-order valence-corrected chi connectivity index (χ1v) is 4.95. The number of para-hydroxylation sites is 1. The van der Waals surface area contributed by atoms with Crippen molar-refractivity contribution in [1.29, 1.82) is 0 Å². The van der Waals surface area contributed by atoms with E-state index in [1.807, 2.05) is 12.1 Å². The summed E-state index contributed by atoms with van der Waals surface area (Å²) < 4.78 is 5.28. The number of rotatable bonds is 2. The Balaban J connectivity index is 2.42. The van der Waals surface area contributed by atoms with Crippen molar-refractivity contribution in [2.75, 3.05) is 7.11 Å². The van der Waals surface area contributed by atoms with Crippen molar-refractivity contribution in [2.45, 2.75) is 20.3 Å². The highest BCUT2D eigenvalue weighted by Crippen LogP contribution is 2.37. The Morgan fingerprint density at radius 3 is 2.79 bits per heavy atom. The molecule has 2 rings (SSSR count). The highest BCUT2D eigenvalue weighted by Gasteiger charge is 2.19. The highest BCUT2D eigenvalue weighted by molar-refractivity contribution is 5.96. The fourth-order valence-electron chi connectivity index (χ4n) is 1.71. The van der Waals surface area contributed by atoms with Gasteiger partial charge in [-0.3, -0.25) is 4.99 Å². The third-order valence-corrected chi connectivity index (χ3v) is 2.60. The van der Waals surface area contributed by atoms with E-state index in [0.717, 1.165) is 17.9 Å². The molecule has 0 fully saturated rings. The summed E-state index contributed by atoms with van der Waals surface area (Å²) in [4.78, 5) is 4.61. The SMILES string of the molecule is COc1cccc2c1N=C(C(C)C)C2. The molecule has 0 spiro atoms. The van der Waals surface area contributed by atoms with Gasteiger partial charge in [-0.2, -0.15) is 0 Å². The molecule has 0 radical (unpaired) electrons. The van der Waals surface area contributed by atoms with Crippen LogP contribution >= 0.6 is 0 Å². The summed E-state index contributed by atoms with van der Waals surface area (Å²) in [5, 5.41) is 0. The number of fused-ring (bicyclic) bond motifs is 1. The summed E-state index contributed by atoms with van der Waals surface area (Å²) in [5.41, 5.74) is 3.57. The fraction of sp³-hybridized carbons (Fsp3) is 0.417. The lowest BCUT2D eigenvalue weighted by Crippen LogP contribution is -2.06. The van der Waals surface area contributed by atoms with E-state index in [0.29, 0.717) is 5.92 Å². The van der Waals surface area contributed by atoms with Gasteiger partial charge in [0, 0.05) is 12.1 Å². The molecule has 2 nitrogen and oxygen atoms in total. The molecular formula is C12H15NO. The number of aliphatic imine (C=N–C) groups is 1. The summed E-state index contributed by atoms with van der Waals surface area (Å²) in [6, 6.07) is 6.11. The van der Waals surface area contributed by atoms with Crippen LogP contribution in [0.3, 0.4) is 0 Å². The van der Waals surface area contributed by atoms with E-state index >= 15 is 0 Å². The number of methoxy groups -OCH3 is 1. The average molecular weight is 189 g/mol.